The first-order valence-electron chi connectivity index (χ1n) is 3.62. The molecule has 0 saturated carbocycles. The lowest BCUT2D eigenvalue weighted by Gasteiger charge is -2.01. The topological polar surface area (TPSA) is 41.1 Å². The van der Waals surface area contributed by atoms with Crippen LogP contribution in [-0.4, -0.2) is 5.91 Å². The van der Waals surface area contributed by atoms with E-state index < -0.39 is 0 Å². The fourth-order valence-electron chi connectivity index (χ4n) is 1.28. The highest BCUT2D eigenvalue weighted by atomic mass is 32.1. The third-order valence-electron chi connectivity index (χ3n) is 1.86. The van der Waals surface area contributed by atoms with Crippen molar-refractivity contribution in [1.82, 2.24) is 0 Å². The van der Waals surface area contributed by atoms with Gasteiger partial charge in [0.1, 0.15) is 0 Å². The maximum atomic E-state index is 10.9. The number of thiol groups is 1. The number of amides is 1. The van der Waals surface area contributed by atoms with Crippen molar-refractivity contribution in [3.05, 3.63) is 23.8 Å². The Labute approximate surface area is 75.7 Å². The van der Waals surface area contributed by atoms with E-state index in [9.17, 15) is 4.79 Å². The van der Waals surface area contributed by atoms with E-state index in [1.54, 1.807) is 0 Å². The van der Waals surface area contributed by atoms with E-state index in [1.165, 1.54) is 0 Å². The molecule has 0 atom stereocenters. The van der Waals surface area contributed by atoms with E-state index in [-0.39, 0.29) is 5.91 Å². The lowest BCUT2D eigenvalue weighted by atomic mass is 10.1. The minimum atomic E-state index is 0.0568. The van der Waals surface area contributed by atoms with Crippen LogP contribution in [0.4, 0.5) is 11.4 Å². The molecule has 2 rings (SSSR count). The molecule has 1 heterocycles. The molecule has 12 heavy (non-hydrogen) atoms. The number of nitrogens with one attached hydrogen (secondary N) is 2. The average Bonchev–Trinajstić information content (AvgIpc) is 2.43. The van der Waals surface area contributed by atoms with Gasteiger partial charge in [-0.15, -0.1) is 0 Å². The standard InChI is InChI=1S/C8H8N2OS/c11-8-3-5-1-2-6(10-12)4-7(5)9-8/h1-2,4,10,12H,3H2,(H,9,11). The second-order valence-electron chi connectivity index (χ2n) is 2.71. The van der Waals surface area contributed by atoms with Gasteiger partial charge in [-0.2, -0.15) is 0 Å². The summed E-state index contributed by atoms with van der Waals surface area (Å²) in [6, 6.07) is 5.69. The zero-order valence-electron chi connectivity index (χ0n) is 6.29. The van der Waals surface area contributed by atoms with Crippen LogP contribution in [-0.2, 0) is 11.2 Å². The van der Waals surface area contributed by atoms with Crippen molar-refractivity contribution in [3.63, 3.8) is 0 Å². The fraction of sp³-hybridized carbons (Fsp3) is 0.125. The number of fused-ring (bicyclic) bond motifs is 1. The van der Waals surface area contributed by atoms with Crippen LogP contribution in [0.15, 0.2) is 18.2 Å². The number of rotatable bonds is 1. The van der Waals surface area contributed by atoms with Gasteiger partial charge in [-0.25, -0.2) is 0 Å². The summed E-state index contributed by atoms with van der Waals surface area (Å²) < 4.78 is 2.71. The Morgan fingerprint density at radius 1 is 1.50 bits per heavy atom. The lowest BCUT2D eigenvalue weighted by Crippen LogP contribution is -2.03. The van der Waals surface area contributed by atoms with E-state index in [4.69, 9.17) is 0 Å². The molecule has 3 nitrogen and oxygen atoms in total. The summed E-state index contributed by atoms with van der Waals surface area (Å²) in [7, 11) is 0. The summed E-state index contributed by atoms with van der Waals surface area (Å²) in [5.41, 5.74) is 2.82. The summed E-state index contributed by atoms with van der Waals surface area (Å²) in [4.78, 5) is 10.9. The van der Waals surface area contributed by atoms with Crippen LogP contribution in [0, 0.1) is 0 Å². The van der Waals surface area contributed by atoms with Gasteiger partial charge in [0.2, 0.25) is 5.91 Å². The second-order valence-corrected chi connectivity index (χ2v) is 2.93. The van der Waals surface area contributed by atoms with Crippen LogP contribution < -0.4 is 10.0 Å². The molecule has 0 unspecified atom stereocenters. The van der Waals surface area contributed by atoms with Crippen LogP contribution in [0.5, 0.6) is 0 Å². The first-order valence-corrected chi connectivity index (χ1v) is 4.07. The number of hydrogen-bond donors (Lipinski definition) is 3. The predicted octanol–water partition coefficient (Wildman–Crippen LogP) is 1.44. The fourth-order valence-corrected chi connectivity index (χ4v) is 1.42. The van der Waals surface area contributed by atoms with Gasteiger partial charge in [0.15, 0.2) is 0 Å². The van der Waals surface area contributed by atoms with Crippen molar-refractivity contribution in [2.24, 2.45) is 0 Å². The Kier molecular flexibility index (Phi) is 1.69. The van der Waals surface area contributed by atoms with E-state index in [2.05, 4.69) is 22.9 Å². The largest absolute Gasteiger partial charge is 0.332 e. The molecule has 1 amide bonds. The quantitative estimate of drug-likeness (QED) is 0.572. The Balaban J connectivity index is 2.41. The number of benzene rings is 1. The zero-order valence-corrected chi connectivity index (χ0v) is 7.19. The highest BCUT2D eigenvalue weighted by Crippen LogP contribution is 2.26. The monoisotopic (exact) mass is 180 g/mol. The van der Waals surface area contributed by atoms with Crippen molar-refractivity contribution >= 4 is 30.1 Å². The molecule has 1 aliphatic heterocycles. The maximum absolute atomic E-state index is 10.9. The van der Waals surface area contributed by atoms with E-state index in [0.29, 0.717) is 6.42 Å². The minimum absolute atomic E-state index is 0.0568. The molecule has 1 aliphatic rings. The Bertz CT molecular complexity index is 338. The summed E-state index contributed by atoms with van der Waals surface area (Å²) in [6.07, 6.45) is 0.488. The lowest BCUT2D eigenvalue weighted by molar-refractivity contribution is -0.115. The smallest absolute Gasteiger partial charge is 0.228 e. The zero-order chi connectivity index (χ0) is 8.55. The molecule has 0 saturated heterocycles. The Hall–Kier alpha value is -1.16. The highest BCUT2D eigenvalue weighted by Gasteiger charge is 2.16. The van der Waals surface area contributed by atoms with Crippen molar-refractivity contribution in [2.75, 3.05) is 10.0 Å². The minimum Gasteiger partial charge on any atom is -0.332 e. The van der Waals surface area contributed by atoms with Gasteiger partial charge in [0, 0.05) is 11.4 Å². The molecule has 0 aromatic heterocycles. The molecule has 1 aromatic rings. The van der Waals surface area contributed by atoms with Gasteiger partial charge in [-0.1, -0.05) is 18.9 Å². The molecule has 4 heteroatoms. The number of carbonyl (C=O) groups excluding carboxylic acids is 1. The summed E-state index contributed by atoms with van der Waals surface area (Å²) >= 11 is 3.91. The molecule has 0 aliphatic carbocycles. The first kappa shape index (κ1) is 7.49. The van der Waals surface area contributed by atoms with E-state index in [1.807, 2.05) is 18.2 Å². The normalized spacial score (nSPS) is 13.9. The second kappa shape index (κ2) is 2.71. The van der Waals surface area contributed by atoms with Crippen LogP contribution in [0.3, 0.4) is 0 Å². The van der Waals surface area contributed by atoms with Crippen LogP contribution in [0.2, 0.25) is 0 Å². The van der Waals surface area contributed by atoms with Gasteiger partial charge in [-0.3, -0.25) is 4.79 Å². The Morgan fingerprint density at radius 3 is 3.08 bits per heavy atom. The summed E-state index contributed by atoms with van der Waals surface area (Å²) in [5, 5.41) is 2.76. The van der Waals surface area contributed by atoms with Crippen molar-refractivity contribution < 1.29 is 4.79 Å². The predicted molar refractivity (Wildman–Crippen MR) is 51.4 cm³/mol. The molecule has 0 fully saturated rings. The van der Waals surface area contributed by atoms with Gasteiger partial charge >= 0.3 is 0 Å². The number of hydrogen-bond acceptors (Lipinski definition) is 3. The van der Waals surface area contributed by atoms with E-state index in [0.717, 1.165) is 16.9 Å². The number of carbonyl (C=O) groups is 1. The third-order valence-corrected chi connectivity index (χ3v) is 2.12. The SMILES string of the molecule is O=C1Cc2ccc(NS)cc2N1. The van der Waals surface area contributed by atoms with Crippen LogP contribution >= 0.6 is 12.8 Å². The highest BCUT2D eigenvalue weighted by molar-refractivity contribution is 7.81. The molecular weight excluding hydrogens is 172 g/mol. The van der Waals surface area contributed by atoms with Gasteiger partial charge in [-0.05, 0) is 17.7 Å². The molecule has 0 radical (unpaired) electrons. The van der Waals surface area contributed by atoms with Crippen molar-refractivity contribution in [1.29, 1.82) is 0 Å². The van der Waals surface area contributed by atoms with Gasteiger partial charge in [0.05, 0.1) is 6.42 Å². The third kappa shape index (κ3) is 1.14. The average molecular weight is 180 g/mol. The van der Waals surface area contributed by atoms with Gasteiger partial charge < -0.3 is 10.0 Å². The molecule has 1 aromatic carbocycles. The van der Waals surface area contributed by atoms with Crippen molar-refractivity contribution in [3.8, 4) is 0 Å². The van der Waals surface area contributed by atoms with Gasteiger partial charge in [0.25, 0.3) is 0 Å². The van der Waals surface area contributed by atoms with E-state index >= 15 is 0 Å². The molecule has 0 bridgehead atoms. The summed E-state index contributed by atoms with van der Waals surface area (Å²) in [6.45, 7) is 0. The molecule has 62 valence electrons. The van der Waals surface area contributed by atoms with Crippen molar-refractivity contribution in [2.45, 2.75) is 6.42 Å². The molecule has 0 spiro atoms. The van der Waals surface area contributed by atoms with Crippen LogP contribution in [0.25, 0.3) is 0 Å². The van der Waals surface area contributed by atoms with Crippen LogP contribution in [0.1, 0.15) is 5.56 Å². The first-order chi connectivity index (χ1) is 5.79. The molecular formula is C8H8N2OS. The molecule has 2 N–H and O–H groups in total. The summed E-state index contributed by atoms with van der Waals surface area (Å²) in [5.74, 6) is 0.0568. The Morgan fingerprint density at radius 2 is 2.33 bits per heavy atom. The number of anilines is 2. The maximum Gasteiger partial charge on any atom is 0.228 e.